The van der Waals surface area contributed by atoms with Crippen molar-refractivity contribution < 1.29 is 9.59 Å². The number of amides is 2. The predicted molar refractivity (Wildman–Crippen MR) is 103 cm³/mol. The maximum atomic E-state index is 12.7. The van der Waals surface area contributed by atoms with E-state index in [9.17, 15) is 9.59 Å². The SMILES string of the molecule is CC1CCCN(C(=O)c2cncc(C(=O)Nc3ccc(Cl)c(Cl)c3)c2)C1. The van der Waals surface area contributed by atoms with Crippen molar-refractivity contribution in [2.75, 3.05) is 18.4 Å². The monoisotopic (exact) mass is 391 g/mol. The molecule has 1 N–H and O–H groups in total. The first-order valence-corrected chi connectivity index (χ1v) is 9.20. The highest BCUT2D eigenvalue weighted by molar-refractivity contribution is 6.42. The molecule has 5 nitrogen and oxygen atoms in total. The molecule has 0 aliphatic carbocycles. The Morgan fingerprint density at radius 3 is 2.65 bits per heavy atom. The minimum Gasteiger partial charge on any atom is -0.338 e. The van der Waals surface area contributed by atoms with Gasteiger partial charge in [-0.2, -0.15) is 0 Å². The van der Waals surface area contributed by atoms with E-state index in [4.69, 9.17) is 23.2 Å². The summed E-state index contributed by atoms with van der Waals surface area (Å²) in [5.41, 5.74) is 1.25. The fraction of sp³-hybridized carbons (Fsp3) is 0.316. The number of rotatable bonds is 3. The van der Waals surface area contributed by atoms with Crippen molar-refractivity contribution in [3.63, 3.8) is 0 Å². The zero-order chi connectivity index (χ0) is 18.7. The summed E-state index contributed by atoms with van der Waals surface area (Å²) in [6, 6.07) is 6.40. The van der Waals surface area contributed by atoms with Crippen LogP contribution in [0, 0.1) is 5.92 Å². The average Bonchev–Trinajstić information content (AvgIpc) is 2.64. The number of carbonyl (C=O) groups is 2. The van der Waals surface area contributed by atoms with Crippen molar-refractivity contribution in [2.24, 2.45) is 5.92 Å². The third-order valence-electron chi connectivity index (χ3n) is 4.37. The van der Waals surface area contributed by atoms with Crippen LogP contribution in [0.15, 0.2) is 36.7 Å². The highest BCUT2D eigenvalue weighted by Crippen LogP contribution is 2.25. The van der Waals surface area contributed by atoms with Crippen LogP contribution in [0.2, 0.25) is 10.0 Å². The van der Waals surface area contributed by atoms with E-state index in [2.05, 4.69) is 17.2 Å². The molecule has 1 saturated heterocycles. The van der Waals surface area contributed by atoms with Gasteiger partial charge in [-0.25, -0.2) is 0 Å². The Hall–Kier alpha value is -2.11. The molecule has 3 rings (SSSR count). The standard InChI is InChI=1S/C19H19Cl2N3O2/c1-12-3-2-6-24(11-12)19(26)14-7-13(9-22-10-14)18(25)23-15-4-5-16(20)17(21)8-15/h4-5,7-10,12H,2-3,6,11H2,1H3,(H,23,25). The fourth-order valence-electron chi connectivity index (χ4n) is 3.01. The van der Waals surface area contributed by atoms with Crippen molar-refractivity contribution in [2.45, 2.75) is 19.8 Å². The summed E-state index contributed by atoms with van der Waals surface area (Å²) in [5.74, 6) is 0.0348. The molecule has 0 saturated carbocycles. The number of carbonyl (C=O) groups excluding carboxylic acids is 2. The Morgan fingerprint density at radius 1 is 1.15 bits per heavy atom. The normalized spacial score (nSPS) is 17.0. The summed E-state index contributed by atoms with van der Waals surface area (Å²) in [7, 11) is 0. The van der Waals surface area contributed by atoms with E-state index in [1.165, 1.54) is 12.4 Å². The van der Waals surface area contributed by atoms with Gasteiger partial charge in [0, 0.05) is 31.2 Å². The number of nitrogens with one attached hydrogen (secondary N) is 1. The van der Waals surface area contributed by atoms with Crippen molar-refractivity contribution in [1.29, 1.82) is 0 Å². The maximum Gasteiger partial charge on any atom is 0.257 e. The molecular weight excluding hydrogens is 373 g/mol. The summed E-state index contributed by atoms with van der Waals surface area (Å²) in [5, 5.41) is 3.50. The second kappa shape index (κ2) is 8.06. The molecular formula is C19H19Cl2N3O2. The first-order valence-electron chi connectivity index (χ1n) is 8.45. The van der Waals surface area contributed by atoms with Gasteiger partial charge >= 0.3 is 0 Å². The maximum absolute atomic E-state index is 12.7. The third kappa shape index (κ3) is 4.34. The number of likely N-dealkylation sites (tertiary alicyclic amines) is 1. The van der Waals surface area contributed by atoms with Gasteiger partial charge in [-0.05, 0) is 43.0 Å². The Labute approximate surface area is 162 Å². The first kappa shape index (κ1) is 18.7. The minimum atomic E-state index is -0.363. The fourth-order valence-corrected chi connectivity index (χ4v) is 3.31. The van der Waals surface area contributed by atoms with E-state index in [0.717, 1.165) is 25.9 Å². The van der Waals surface area contributed by atoms with Crippen LogP contribution in [0.5, 0.6) is 0 Å². The quantitative estimate of drug-likeness (QED) is 0.836. The van der Waals surface area contributed by atoms with E-state index in [0.29, 0.717) is 32.8 Å². The van der Waals surface area contributed by atoms with Gasteiger partial charge in [0.2, 0.25) is 0 Å². The smallest absolute Gasteiger partial charge is 0.257 e. The van der Waals surface area contributed by atoms with Crippen LogP contribution in [0.1, 0.15) is 40.5 Å². The number of pyridine rings is 1. The predicted octanol–water partition coefficient (Wildman–Crippen LogP) is 4.51. The van der Waals surface area contributed by atoms with Crippen LogP contribution in [0.3, 0.4) is 0 Å². The van der Waals surface area contributed by atoms with Gasteiger partial charge < -0.3 is 10.2 Å². The van der Waals surface area contributed by atoms with Gasteiger partial charge in [0.15, 0.2) is 0 Å². The molecule has 0 spiro atoms. The lowest BCUT2D eigenvalue weighted by Crippen LogP contribution is -2.39. The zero-order valence-electron chi connectivity index (χ0n) is 14.3. The molecule has 0 bridgehead atoms. The molecule has 2 heterocycles. The van der Waals surface area contributed by atoms with E-state index in [-0.39, 0.29) is 11.8 Å². The zero-order valence-corrected chi connectivity index (χ0v) is 15.8. The number of aromatic nitrogens is 1. The van der Waals surface area contributed by atoms with Crippen molar-refractivity contribution >= 4 is 40.7 Å². The molecule has 1 aromatic carbocycles. The number of halogens is 2. The van der Waals surface area contributed by atoms with Gasteiger partial charge in [0.1, 0.15) is 0 Å². The van der Waals surface area contributed by atoms with E-state index < -0.39 is 0 Å². The van der Waals surface area contributed by atoms with Crippen LogP contribution in [0.4, 0.5) is 5.69 Å². The summed E-state index contributed by atoms with van der Waals surface area (Å²) in [6.45, 7) is 3.61. The summed E-state index contributed by atoms with van der Waals surface area (Å²) < 4.78 is 0. The van der Waals surface area contributed by atoms with Gasteiger partial charge in [-0.1, -0.05) is 30.1 Å². The average molecular weight is 392 g/mol. The van der Waals surface area contributed by atoms with Gasteiger partial charge in [0.25, 0.3) is 11.8 Å². The van der Waals surface area contributed by atoms with Gasteiger partial charge in [-0.3, -0.25) is 14.6 Å². The van der Waals surface area contributed by atoms with Crippen molar-refractivity contribution in [1.82, 2.24) is 9.88 Å². The molecule has 1 fully saturated rings. The van der Waals surface area contributed by atoms with Crippen LogP contribution in [-0.4, -0.2) is 34.8 Å². The van der Waals surface area contributed by atoms with Crippen LogP contribution in [-0.2, 0) is 0 Å². The van der Waals surface area contributed by atoms with Crippen molar-refractivity contribution in [3.05, 3.63) is 57.8 Å². The number of benzene rings is 1. The Morgan fingerprint density at radius 2 is 1.92 bits per heavy atom. The molecule has 0 radical (unpaired) electrons. The highest BCUT2D eigenvalue weighted by Gasteiger charge is 2.23. The largest absolute Gasteiger partial charge is 0.338 e. The minimum absolute atomic E-state index is 0.0896. The van der Waals surface area contributed by atoms with Crippen LogP contribution in [0.25, 0.3) is 0 Å². The molecule has 1 aliphatic heterocycles. The van der Waals surface area contributed by atoms with E-state index in [1.54, 1.807) is 24.3 Å². The number of anilines is 1. The van der Waals surface area contributed by atoms with E-state index >= 15 is 0 Å². The molecule has 7 heteroatoms. The number of piperidine rings is 1. The Kier molecular flexibility index (Phi) is 5.79. The molecule has 2 amide bonds. The van der Waals surface area contributed by atoms with Crippen molar-refractivity contribution in [3.8, 4) is 0 Å². The lowest BCUT2D eigenvalue weighted by atomic mass is 9.99. The molecule has 1 unspecified atom stereocenters. The number of hydrogen-bond donors (Lipinski definition) is 1. The Balaban J connectivity index is 1.74. The molecule has 1 aliphatic rings. The summed E-state index contributed by atoms with van der Waals surface area (Å²) >= 11 is 11.8. The summed E-state index contributed by atoms with van der Waals surface area (Å²) in [4.78, 5) is 31.0. The lowest BCUT2D eigenvalue weighted by molar-refractivity contribution is 0.0682. The molecule has 1 aromatic heterocycles. The topological polar surface area (TPSA) is 62.3 Å². The first-order chi connectivity index (χ1) is 12.4. The van der Waals surface area contributed by atoms with Gasteiger partial charge in [-0.15, -0.1) is 0 Å². The van der Waals surface area contributed by atoms with E-state index in [1.807, 2.05) is 4.90 Å². The number of hydrogen-bond acceptors (Lipinski definition) is 3. The number of nitrogens with zero attached hydrogens (tertiary/aromatic N) is 2. The Bertz CT molecular complexity index is 841. The molecule has 2 aromatic rings. The molecule has 26 heavy (non-hydrogen) atoms. The highest BCUT2D eigenvalue weighted by atomic mass is 35.5. The second-order valence-corrected chi connectivity index (χ2v) is 7.36. The summed E-state index contributed by atoms with van der Waals surface area (Å²) in [6.07, 6.45) is 5.06. The van der Waals surface area contributed by atoms with Crippen LogP contribution >= 0.6 is 23.2 Å². The van der Waals surface area contributed by atoms with Gasteiger partial charge in [0.05, 0.1) is 21.2 Å². The van der Waals surface area contributed by atoms with Crippen LogP contribution < -0.4 is 5.32 Å². The third-order valence-corrected chi connectivity index (χ3v) is 5.11. The molecule has 136 valence electrons. The second-order valence-electron chi connectivity index (χ2n) is 6.54. The lowest BCUT2D eigenvalue weighted by Gasteiger charge is -2.30. The molecule has 1 atom stereocenters.